The zero-order valence-electron chi connectivity index (χ0n) is 16.9. The van der Waals surface area contributed by atoms with E-state index < -0.39 is 0 Å². The molecule has 2 aliphatic rings. The summed E-state index contributed by atoms with van der Waals surface area (Å²) in [4.78, 5) is 2.65. The second-order valence-corrected chi connectivity index (χ2v) is 9.50. The number of piperidine rings is 1. The van der Waals surface area contributed by atoms with E-state index in [9.17, 15) is 4.39 Å². The van der Waals surface area contributed by atoms with E-state index in [0.29, 0.717) is 5.92 Å². The van der Waals surface area contributed by atoms with Crippen molar-refractivity contribution in [3.63, 3.8) is 0 Å². The van der Waals surface area contributed by atoms with E-state index in [1.54, 1.807) is 6.07 Å². The average molecular weight is 439 g/mol. The number of nitrogens with one attached hydrogen (secondary N) is 1. The fourth-order valence-corrected chi connectivity index (χ4v) is 5.38. The molecule has 4 heteroatoms. The highest BCUT2D eigenvalue weighted by Gasteiger charge is 2.22. The molecule has 0 aromatic heterocycles. The molecular weight excluding hydrogens is 403 g/mol. The summed E-state index contributed by atoms with van der Waals surface area (Å²) in [5.74, 6) is 1.54. The summed E-state index contributed by atoms with van der Waals surface area (Å²) in [7, 11) is 0. The maximum atomic E-state index is 13.5. The summed E-state index contributed by atoms with van der Waals surface area (Å²) in [5.41, 5.74) is 1.13. The second kappa shape index (κ2) is 10.9. The molecule has 1 saturated carbocycles. The van der Waals surface area contributed by atoms with Crippen LogP contribution in [-0.2, 0) is 6.42 Å². The van der Waals surface area contributed by atoms with E-state index in [0.717, 1.165) is 35.0 Å². The molecule has 1 aliphatic carbocycles. The highest BCUT2D eigenvalue weighted by molar-refractivity contribution is 9.10. The molecule has 0 spiro atoms. The normalized spacial score (nSPS) is 25.0. The van der Waals surface area contributed by atoms with Crippen LogP contribution >= 0.6 is 15.9 Å². The molecule has 1 aliphatic heterocycles. The first-order valence-electron chi connectivity index (χ1n) is 11.0. The first-order valence-corrected chi connectivity index (χ1v) is 11.8. The molecule has 2 nitrogen and oxygen atoms in total. The smallest absolute Gasteiger partial charge is 0.123 e. The van der Waals surface area contributed by atoms with Gasteiger partial charge in [-0.1, -0.05) is 22.9 Å². The maximum absolute atomic E-state index is 13.5. The van der Waals surface area contributed by atoms with Crippen molar-refractivity contribution < 1.29 is 4.39 Å². The molecule has 2 fully saturated rings. The SMILES string of the molecule is CCN[C@H]1CC[C@H](CCCN2CCC(Cc3cc(F)ccc3Br)CC2)CC1. The van der Waals surface area contributed by atoms with Gasteiger partial charge in [-0.05, 0) is 120 Å². The van der Waals surface area contributed by atoms with E-state index in [1.807, 2.05) is 6.07 Å². The highest BCUT2D eigenvalue weighted by atomic mass is 79.9. The van der Waals surface area contributed by atoms with Crippen LogP contribution in [0.15, 0.2) is 22.7 Å². The molecule has 27 heavy (non-hydrogen) atoms. The van der Waals surface area contributed by atoms with Gasteiger partial charge in [-0.25, -0.2) is 4.39 Å². The predicted octanol–water partition coefficient (Wildman–Crippen LogP) is 5.79. The molecule has 1 aromatic rings. The van der Waals surface area contributed by atoms with E-state index in [4.69, 9.17) is 0 Å². The number of nitrogens with zero attached hydrogens (tertiary/aromatic N) is 1. The van der Waals surface area contributed by atoms with Gasteiger partial charge in [0, 0.05) is 10.5 Å². The van der Waals surface area contributed by atoms with Crippen LogP contribution in [-0.4, -0.2) is 37.1 Å². The number of likely N-dealkylation sites (tertiary alicyclic amines) is 1. The van der Waals surface area contributed by atoms with Crippen molar-refractivity contribution >= 4 is 15.9 Å². The number of rotatable bonds is 8. The molecule has 0 amide bonds. The first kappa shape index (κ1) is 21.3. The number of hydrogen-bond donors (Lipinski definition) is 1. The third-order valence-electron chi connectivity index (χ3n) is 6.65. The van der Waals surface area contributed by atoms with E-state index >= 15 is 0 Å². The Balaban J connectivity index is 1.30. The first-order chi connectivity index (χ1) is 13.1. The molecule has 1 heterocycles. The maximum Gasteiger partial charge on any atom is 0.123 e. The van der Waals surface area contributed by atoms with Crippen molar-refractivity contribution in [2.24, 2.45) is 11.8 Å². The van der Waals surface area contributed by atoms with Crippen molar-refractivity contribution in [3.05, 3.63) is 34.1 Å². The summed E-state index contributed by atoms with van der Waals surface area (Å²) >= 11 is 3.57. The van der Waals surface area contributed by atoms with Gasteiger partial charge in [-0.2, -0.15) is 0 Å². The standard InChI is InChI=1S/C23H36BrFN2/c1-2-26-22-8-5-18(6-9-22)4-3-13-27-14-11-19(12-15-27)16-20-17-21(25)7-10-23(20)24/h7,10,17-19,22,26H,2-6,8-9,11-16H2,1H3/t18-,22-. The van der Waals surface area contributed by atoms with Crippen LogP contribution in [0.3, 0.4) is 0 Å². The summed E-state index contributed by atoms with van der Waals surface area (Å²) in [6, 6.07) is 5.85. The fourth-order valence-electron chi connectivity index (χ4n) is 4.97. The molecule has 1 saturated heterocycles. The Labute approximate surface area is 173 Å². The Kier molecular flexibility index (Phi) is 8.60. The highest BCUT2D eigenvalue weighted by Crippen LogP contribution is 2.29. The van der Waals surface area contributed by atoms with Crippen LogP contribution in [0.2, 0.25) is 0 Å². The van der Waals surface area contributed by atoms with Crippen molar-refractivity contribution in [2.45, 2.75) is 70.8 Å². The van der Waals surface area contributed by atoms with E-state index in [1.165, 1.54) is 77.1 Å². The van der Waals surface area contributed by atoms with Crippen molar-refractivity contribution in [1.82, 2.24) is 10.2 Å². The lowest BCUT2D eigenvalue weighted by molar-refractivity contribution is 0.174. The molecular formula is C23H36BrFN2. The van der Waals surface area contributed by atoms with Gasteiger partial charge in [0.25, 0.3) is 0 Å². The van der Waals surface area contributed by atoms with Crippen LogP contribution in [0, 0.1) is 17.7 Å². The van der Waals surface area contributed by atoms with Gasteiger partial charge in [0.15, 0.2) is 0 Å². The average Bonchev–Trinajstić information content (AvgIpc) is 2.68. The molecule has 3 rings (SSSR count). The Morgan fingerprint density at radius 3 is 2.52 bits per heavy atom. The van der Waals surface area contributed by atoms with Gasteiger partial charge < -0.3 is 10.2 Å². The minimum atomic E-state index is -0.120. The third kappa shape index (κ3) is 6.83. The lowest BCUT2D eigenvalue weighted by atomic mass is 9.83. The third-order valence-corrected chi connectivity index (χ3v) is 7.42. The largest absolute Gasteiger partial charge is 0.314 e. The van der Waals surface area contributed by atoms with Gasteiger partial charge in [-0.15, -0.1) is 0 Å². The molecule has 0 atom stereocenters. The molecule has 1 aromatic carbocycles. The van der Waals surface area contributed by atoms with Crippen LogP contribution in [0.25, 0.3) is 0 Å². The summed E-state index contributed by atoms with van der Waals surface area (Å²) in [6.45, 7) is 7.02. The molecule has 0 radical (unpaired) electrons. The van der Waals surface area contributed by atoms with E-state index in [-0.39, 0.29) is 5.82 Å². The zero-order valence-corrected chi connectivity index (χ0v) is 18.4. The second-order valence-electron chi connectivity index (χ2n) is 8.64. The lowest BCUT2D eigenvalue weighted by Crippen LogP contribution is -2.35. The minimum Gasteiger partial charge on any atom is -0.314 e. The van der Waals surface area contributed by atoms with E-state index in [2.05, 4.69) is 33.1 Å². The Hall–Kier alpha value is -0.450. The predicted molar refractivity (Wildman–Crippen MR) is 116 cm³/mol. The number of halogens is 2. The molecule has 0 bridgehead atoms. The quantitative estimate of drug-likeness (QED) is 0.552. The summed E-state index contributed by atoms with van der Waals surface area (Å²) < 4.78 is 14.5. The van der Waals surface area contributed by atoms with Crippen LogP contribution in [0.4, 0.5) is 4.39 Å². The Morgan fingerprint density at radius 2 is 1.81 bits per heavy atom. The zero-order chi connectivity index (χ0) is 19.1. The monoisotopic (exact) mass is 438 g/mol. The minimum absolute atomic E-state index is 0.120. The summed E-state index contributed by atoms with van der Waals surface area (Å²) in [6.07, 6.45) is 11.9. The number of hydrogen-bond acceptors (Lipinski definition) is 2. The Bertz CT molecular complexity index is 563. The van der Waals surface area contributed by atoms with Gasteiger partial charge in [0.1, 0.15) is 5.82 Å². The van der Waals surface area contributed by atoms with Crippen LogP contribution in [0.5, 0.6) is 0 Å². The number of benzene rings is 1. The van der Waals surface area contributed by atoms with Crippen molar-refractivity contribution in [1.29, 1.82) is 0 Å². The van der Waals surface area contributed by atoms with Gasteiger partial charge >= 0.3 is 0 Å². The molecule has 1 N–H and O–H groups in total. The van der Waals surface area contributed by atoms with Crippen LogP contribution < -0.4 is 5.32 Å². The topological polar surface area (TPSA) is 15.3 Å². The van der Waals surface area contributed by atoms with Gasteiger partial charge in [-0.3, -0.25) is 0 Å². The van der Waals surface area contributed by atoms with Crippen LogP contribution in [0.1, 0.15) is 63.9 Å². The van der Waals surface area contributed by atoms with Crippen molar-refractivity contribution in [3.8, 4) is 0 Å². The molecule has 152 valence electrons. The summed E-state index contributed by atoms with van der Waals surface area (Å²) in [5, 5.41) is 3.61. The van der Waals surface area contributed by atoms with Crippen molar-refractivity contribution in [2.75, 3.05) is 26.2 Å². The van der Waals surface area contributed by atoms with Gasteiger partial charge in [0.2, 0.25) is 0 Å². The molecule has 0 unspecified atom stereocenters. The fraction of sp³-hybridized carbons (Fsp3) is 0.739. The van der Waals surface area contributed by atoms with Gasteiger partial charge in [0.05, 0.1) is 0 Å². The lowest BCUT2D eigenvalue weighted by Gasteiger charge is -2.33. The Morgan fingerprint density at radius 1 is 1.07 bits per heavy atom.